The van der Waals surface area contributed by atoms with Crippen LogP contribution in [0.25, 0.3) is 0 Å². The van der Waals surface area contributed by atoms with E-state index >= 15 is 0 Å². The van der Waals surface area contributed by atoms with Gasteiger partial charge in [0, 0.05) is 6.07 Å². The van der Waals surface area contributed by atoms with Crippen molar-refractivity contribution in [1.82, 2.24) is 0 Å². The number of ether oxygens (including phenoxy) is 2. The Morgan fingerprint density at radius 2 is 1.94 bits per heavy atom. The summed E-state index contributed by atoms with van der Waals surface area (Å²) in [5.41, 5.74) is 0. The molecule has 0 saturated heterocycles. The molecule has 0 N–H and O–H groups in total. The first-order valence-corrected chi connectivity index (χ1v) is 5.75. The minimum absolute atomic E-state index is 0.286. The molecule has 0 saturated carbocycles. The van der Waals surface area contributed by atoms with Crippen molar-refractivity contribution in [3.05, 3.63) is 22.7 Å². The van der Waals surface area contributed by atoms with E-state index < -0.39 is 6.36 Å². The summed E-state index contributed by atoms with van der Waals surface area (Å²) in [6, 6.07) is 3.89. The summed E-state index contributed by atoms with van der Waals surface area (Å²) < 4.78 is 45.8. The fourth-order valence-electron chi connectivity index (χ4n) is 1.05. The number of hydrogen-bond donors (Lipinski definition) is 0. The highest BCUT2D eigenvalue weighted by molar-refractivity contribution is 9.10. The fourth-order valence-corrected chi connectivity index (χ4v) is 1.41. The molecule has 0 heterocycles. The Balaban J connectivity index is 2.79. The maximum absolute atomic E-state index is 12.0. The van der Waals surface area contributed by atoms with Crippen molar-refractivity contribution >= 4 is 15.9 Å². The molecule has 0 aliphatic carbocycles. The van der Waals surface area contributed by atoms with Crippen molar-refractivity contribution in [2.45, 2.75) is 20.2 Å². The standard InChI is InChI=1S/C11H12BrF3O2/c1-7(2)6-16-10-5-8(3-4-9(10)12)17-11(13,14)15/h3-5,7H,6H2,1-2H3. The van der Waals surface area contributed by atoms with Crippen LogP contribution in [0.2, 0.25) is 0 Å². The maximum Gasteiger partial charge on any atom is 0.573 e. The molecule has 0 amide bonds. The largest absolute Gasteiger partial charge is 0.573 e. The first kappa shape index (κ1) is 14.2. The molecule has 0 fully saturated rings. The zero-order chi connectivity index (χ0) is 13.1. The van der Waals surface area contributed by atoms with E-state index in [4.69, 9.17) is 4.74 Å². The molecule has 0 aliphatic rings. The predicted octanol–water partition coefficient (Wildman–Crippen LogP) is 4.38. The third kappa shape index (κ3) is 5.30. The smallest absolute Gasteiger partial charge is 0.492 e. The lowest BCUT2D eigenvalue weighted by molar-refractivity contribution is -0.274. The van der Waals surface area contributed by atoms with Crippen LogP contribution >= 0.6 is 15.9 Å². The highest BCUT2D eigenvalue weighted by atomic mass is 79.9. The van der Waals surface area contributed by atoms with Gasteiger partial charge in [-0.15, -0.1) is 13.2 Å². The second-order valence-electron chi connectivity index (χ2n) is 3.84. The Bertz CT molecular complexity index is 377. The molecule has 0 atom stereocenters. The van der Waals surface area contributed by atoms with Crippen LogP contribution < -0.4 is 9.47 Å². The molecular weight excluding hydrogens is 301 g/mol. The van der Waals surface area contributed by atoms with Gasteiger partial charge in [0.05, 0.1) is 11.1 Å². The minimum Gasteiger partial charge on any atom is -0.492 e. The zero-order valence-corrected chi connectivity index (χ0v) is 10.9. The number of alkyl halides is 3. The van der Waals surface area contributed by atoms with Gasteiger partial charge in [-0.3, -0.25) is 0 Å². The van der Waals surface area contributed by atoms with Gasteiger partial charge in [0.15, 0.2) is 0 Å². The third-order valence-electron chi connectivity index (χ3n) is 1.71. The number of rotatable bonds is 4. The molecule has 0 radical (unpaired) electrons. The average Bonchev–Trinajstić information content (AvgIpc) is 2.16. The van der Waals surface area contributed by atoms with Crippen molar-refractivity contribution < 1.29 is 22.6 Å². The minimum atomic E-state index is -4.69. The highest BCUT2D eigenvalue weighted by Gasteiger charge is 2.31. The van der Waals surface area contributed by atoms with Gasteiger partial charge < -0.3 is 9.47 Å². The molecule has 1 aromatic carbocycles. The summed E-state index contributed by atoms with van der Waals surface area (Å²) in [7, 11) is 0. The molecule has 0 spiro atoms. The second kappa shape index (κ2) is 5.62. The molecule has 0 unspecified atom stereocenters. The number of hydrogen-bond acceptors (Lipinski definition) is 2. The van der Waals surface area contributed by atoms with Gasteiger partial charge in [0.2, 0.25) is 0 Å². The van der Waals surface area contributed by atoms with E-state index in [1.54, 1.807) is 0 Å². The molecule has 2 nitrogen and oxygen atoms in total. The normalized spacial score (nSPS) is 11.7. The van der Waals surface area contributed by atoms with Crippen molar-refractivity contribution in [2.75, 3.05) is 6.61 Å². The quantitative estimate of drug-likeness (QED) is 0.821. The lowest BCUT2D eigenvalue weighted by Crippen LogP contribution is -2.17. The highest BCUT2D eigenvalue weighted by Crippen LogP contribution is 2.32. The topological polar surface area (TPSA) is 18.5 Å². The van der Waals surface area contributed by atoms with E-state index in [-0.39, 0.29) is 11.7 Å². The Morgan fingerprint density at radius 1 is 1.29 bits per heavy atom. The number of halogens is 4. The van der Waals surface area contributed by atoms with Crippen LogP contribution in [0, 0.1) is 5.92 Å². The van der Waals surface area contributed by atoms with Gasteiger partial charge in [-0.2, -0.15) is 0 Å². The molecule has 6 heteroatoms. The monoisotopic (exact) mass is 312 g/mol. The van der Waals surface area contributed by atoms with Crippen LogP contribution in [0.5, 0.6) is 11.5 Å². The van der Waals surface area contributed by atoms with E-state index in [2.05, 4.69) is 20.7 Å². The lowest BCUT2D eigenvalue weighted by Gasteiger charge is -2.13. The summed E-state index contributed by atoms with van der Waals surface area (Å²) in [5, 5.41) is 0. The third-order valence-corrected chi connectivity index (χ3v) is 2.36. The Kier molecular flexibility index (Phi) is 4.68. The summed E-state index contributed by atoms with van der Waals surface area (Å²) in [6.07, 6.45) is -4.69. The van der Waals surface area contributed by atoms with E-state index in [0.717, 1.165) is 0 Å². The van der Waals surface area contributed by atoms with Gasteiger partial charge in [-0.1, -0.05) is 13.8 Å². The van der Waals surface area contributed by atoms with Crippen molar-refractivity contribution in [2.24, 2.45) is 5.92 Å². The van der Waals surface area contributed by atoms with Gasteiger partial charge in [0.1, 0.15) is 11.5 Å². The molecule has 0 bridgehead atoms. The zero-order valence-electron chi connectivity index (χ0n) is 9.34. The molecule has 1 aromatic rings. The van der Waals surface area contributed by atoms with Gasteiger partial charge >= 0.3 is 6.36 Å². The van der Waals surface area contributed by atoms with E-state index in [1.807, 2.05) is 13.8 Å². The van der Waals surface area contributed by atoms with Crippen LogP contribution in [0.4, 0.5) is 13.2 Å². The van der Waals surface area contributed by atoms with Gasteiger partial charge in [-0.05, 0) is 34.0 Å². The molecule has 1 rings (SSSR count). The molecule has 96 valence electrons. The van der Waals surface area contributed by atoms with Crippen LogP contribution in [-0.2, 0) is 0 Å². The van der Waals surface area contributed by atoms with E-state index in [1.165, 1.54) is 18.2 Å². The molecule has 17 heavy (non-hydrogen) atoms. The predicted molar refractivity (Wildman–Crippen MR) is 61.2 cm³/mol. The van der Waals surface area contributed by atoms with Gasteiger partial charge in [-0.25, -0.2) is 0 Å². The Morgan fingerprint density at radius 3 is 2.47 bits per heavy atom. The van der Waals surface area contributed by atoms with Crippen LogP contribution in [-0.4, -0.2) is 13.0 Å². The SMILES string of the molecule is CC(C)COc1cc(OC(F)(F)F)ccc1Br. The van der Waals surface area contributed by atoms with E-state index in [0.29, 0.717) is 16.8 Å². The summed E-state index contributed by atoms with van der Waals surface area (Å²) >= 11 is 3.20. The summed E-state index contributed by atoms with van der Waals surface area (Å²) in [6.45, 7) is 4.32. The Labute approximate surface area is 106 Å². The second-order valence-corrected chi connectivity index (χ2v) is 4.70. The van der Waals surface area contributed by atoms with Crippen molar-refractivity contribution in [3.8, 4) is 11.5 Å². The lowest BCUT2D eigenvalue weighted by atomic mass is 10.2. The maximum atomic E-state index is 12.0. The van der Waals surface area contributed by atoms with Crippen LogP contribution in [0.1, 0.15) is 13.8 Å². The first-order chi connectivity index (χ1) is 7.78. The van der Waals surface area contributed by atoms with Crippen molar-refractivity contribution in [3.63, 3.8) is 0 Å². The average molecular weight is 313 g/mol. The van der Waals surface area contributed by atoms with Crippen LogP contribution in [0.3, 0.4) is 0 Å². The molecule has 0 aromatic heterocycles. The molecular formula is C11H12BrF3O2. The molecule has 0 aliphatic heterocycles. The number of benzene rings is 1. The Hall–Kier alpha value is -0.910. The van der Waals surface area contributed by atoms with E-state index in [9.17, 15) is 13.2 Å². The van der Waals surface area contributed by atoms with Crippen LogP contribution in [0.15, 0.2) is 22.7 Å². The summed E-state index contributed by atoms with van der Waals surface area (Å²) in [5.74, 6) is 0.328. The first-order valence-electron chi connectivity index (χ1n) is 4.96. The summed E-state index contributed by atoms with van der Waals surface area (Å²) in [4.78, 5) is 0. The fraction of sp³-hybridized carbons (Fsp3) is 0.455. The van der Waals surface area contributed by atoms with Gasteiger partial charge in [0.25, 0.3) is 0 Å². The van der Waals surface area contributed by atoms with Crippen molar-refractivity contribution in [1.29, 1.82) is 0 Å².